The van der Waals surface area contributed by atoms with Gasteiger partial charge >= 0.3 is 0 Å². The topological polar surface area (TPSA) is 63.4 Å². The van der Waals surface area contributed by atoms with E-state index >= 15 is 0 Å². The number of carbonyl (C=O) groups excluding carboxylic acids is 2. The van der Waals surface area contributed by atoms with Crippen LogP contribution in [-0.2, 0) is 4.79 Å². The lowest BCUT2D eigenvalue weighted by molar-refractivity contribution is -0.132. The number of nitrogens with two attached hydrogens (primary N) is 1. The number of amides is 1. The molecule has 0 radical (unpaired) electrons. The van der Waals surface area contributed by atoms with Gasteiger partial charge in [0, 0.05) is 37.5 Å². The van der Waals surface area contributed by atoms with Crippen LogP contribution < -0.4 is 5.73 Å². The number of carbonyl (C=O) groups is 2. The molecule has 1 aromatic rings. The molecule has 1 aliphatic rings. The second-order valence-corrected chi connectivity index (χ2v) is 5.09. The Balaban J connectivity index is 0.00000220. The molecule has 0 saturated carbocycles. The van der Waals surface area contributed by atoms with Crippen molar-refractivity contribution in [3.63, 3.8) is 0 Å². The second kappa shape index (κ2) is 8.10. The SMILES string of the molecule is Cl.NCCC(=O)N1CCCC(C(=O)c2ccc(F)cc2)C1. The molecule has 1 amide bonds. The highest BCUT2D eigenvalue weighted by molar-refractivity contribution is 5.98. The zero-order valence-corrected chi connectivity index (χ0v) is 12.6. The highest BCUT2D eigenvalue weighted by Crippen LogP contribution is 2.21. The van der Waals surface area contributed by atoms with Gasteiger partial charge in [0.1, 0.15) is 5.82 Å². The largest absolute Gasteiger partial charge is 0.342 e. The number of halogens is 2. The fourth-order valence-corrected chi connectivity index (χ4v) is 2.55. The number of ketones is 1. The van der Waals surface area contributed by atoms with Gasteiger partial charge in [-0.15, -0.1) is 12.4 Å². The van der Waals surface area contributed by atoms with Crippen LogP contribution in [0.5, 0.6) is 0 Å². The smallest absolute Gasteiger partial charge is 0.223 e. The Kier molecular flexibility index (Phi) is 6.78. The van der Waals surface area contributed by atoms with Crippen LogP contribution >= 0.6 is 12.4 Å². The molecule has 0 aromatic heterocycles. The second-order valence-electron chi connectivity index (χ2n) is 5.09. The van der Waals surface area contributed by atoms with Crippen LogP contribution in [0, 0.1) is 11.7 Å². The number of benzene rings is 1. The molecule has 21 heavy (non-hydrogen) atoms. The lowest BCUT2D eigenvalue weighted by atomic mass is 9.90. The van der Waals surface area contributed by atoms with Crippen molar-refractivity contribution in [1.82, 2.24) is 4.90 Å². The van der Waals surface area contributed by atoms with Gasteiger partial charge in [-0.2, -0.15) is 0 Å². The predicted molar refractivity (Wildman–Crippen MR) is 81.0 cm³/mol. The Morgan fingerprint density at radius 1 is 1.29 bits per heavy atom. The van der Waals surface area contributed by atoms with E-state index in [1.165, 1.54) is 24.3 Å². The minimum Gasteiger partial charge on any atom is -0.342 e. The first-order chi connectivity index (χ1) is 9.61. The quantitative estimate of drug-likeness (QED) is 0.865. The maximum absolute atomic E-state index is 12.9. The molecule has 1 fully saturated rings. The highest BCUT2D eigenvalue weighted by atomic mass is 35.5. The average Bonchev–Trinajstić information content (AvgIpc) is 2.48. The Morgan fingerprint density at radius 3 is 2.57 bits per heavy atom. The first-order valence-corrected chi connectivity index (χ1v) is 6.89. The van der Waals surface area contributed by atoms with E-state index in [2.05, 4.69) is 0 Å². The maximum atomic E-state index is 12.9. The molecule has 1 atom stereocenters. The summed E-state index contributed by atoms with van der Waals surface area (Å²) in [4.78, 5) is 25.9. The summed E-state index contributed by atoms with van der Waals surface area (Å²) in [5.74, 6) is -0.569. The Bertz CT molecular complexity index is 493. The van der Waals surface area contributed by atoms with E-state index in [0.29, 0.717) is 31.6 Å². The number of Topliss-reactive ketones (excluding diaryl/α,β-unsaturated/α-hetero) is 1. The average molecular weight is 315 g/mol. The molecule has 4 nitrogen and oxygen atoms in total. The zero-order valence-electron chi connectivity index (χ0n) is 11.8. The van der Waals surface area contributed by atoms with Crippen molar-refractivity contribution in [2.45, 2.75) is 19.3 Å². The predicted octanol–water partition coefficient (Wildman–Crippen LogP) is 2.02. The van der Waals surface area contributed by atoms with Crippen molar-refractivity contribution in [2.75, 3.05) is 19.6 Å². The van der Waals surface area contributed by atoms with Crippen molar-refractivity contribution in [2.24, 2.45) is 11.7 Å². The molecule has 2 N–H and O–H groups in total. The molecule has 0 bridgehead atoms. The lowest BCUT2D eigenvalue weighted by Gasteiger charge is -2.32. The molecule has 6 heteroatoms. The van der Waals surface area contributed by atoms with Crippen molar-refractivity contribution >= 4 is 24.1 Å². The summed E-state index contributed by atoms with van der Waals surface area (Å²) in [6, 6.07) is 5.57. The standard InChI is InChI=1S/C15H19FN2O2.ClH/c16-13-5-3-11(4-6-13)15(20)12-2-1-9-18(10-12)14(19)7-8-17;/h3-6,12H,1-2,7-10,17H2;1H. The van der Waals surface area contributed by atoms with Gasteiger partial charge in [-0.3, -0.25) is 9.59 Å². The minimum atomic E-state index is -0.357. The van der Waals surface area contributed by atoms with Crippen molar-refractivity contribution in [3.8, 4) is 0 Å². The third-order valence-corrected chi connectivity index (χ3v) is 3.63. The summed E-state index contributed by atoms with van der Waals surface area (Å²) in [6.45, 7) is 1.45. The molecular formula is C15H20ClFN2O2. The Labute approximate surface area is 129 Å². The molecule has 1 aliphatic heterocycles. The summed E-state index contributed by atoms with van der Waals surface area (Å²) < 4.78 is 12.9. The van der Waals surface area contributed by atoms with Crippen LogP contribution in [0.2, 0.25) is 0 Å². The number of hydrogen-bond acceptors (Lipinski definition) is 3. The molecule has 1 unspecified atom stereocenters. The van der Waals surface area contributed by atoms with Crippen LogP contribution in [-0.4, -0.2) is 36.2 Å². The van der Waals surface area contributed by atoms with E-state index in [1.807, 2.05) is 0 Å². The number of piperidine rings is 1. The fourth-order valence-electron chi connectivity index (χ4n) is 2.55. The third kappa shape index (κ3) is 4.51. The maximum Gasteiger partial charge on any atom is 0.223 e. The molecule has 0 spiro atoms. The van der Waals surface area contributed by atoms with Crippen LogP contribution in [0.3, 0.4) is 0 Å². The van der Waals surface area contributed by atoms with Gasteiger partial charge in [-0.1, -0.05) is 0 Å². The summed E-state index contributed by atoms with van der Waals surface area (Å²) in [7, 11) is 0. The van der Waals surface area contributed by atoms with Crippen molar-refractivity contribution in [3.05, 3.63) is 35.6 Å². The molecule has 116 valence electrons. The number of rotatable bonds is 4. The van der Waals surface area contributed by atoms with Gasteiger partial charge in [0.05, 0.1) is 0 Å². The molecular weight excluding hydrogens is 295 g/mol. The fraction of sp³-hybridized carbons (Fsp3) is 0.467. The Hall–Kier alpha value is -1.46. The van der Waals surface area contributed by atoms with E-state index in [1.54, 1.807) is 4.90 Å². The summed E-state index contributed by atoms with van der Waals surface area (Å²) >= 11 is 0. The van der Waals surface area contributed by atoms with Gasteiger partial charge < -0.3 is 10.6 Å². The van der Waals surface area contributed by atoms with Crippen LogP contribution in [0.25, 0.3) is 0 Å². The Morgan fingerprint density at radius 2 is 1.95 bits per heavy atom. The molecule has 1 aromatic carbocycles. The van der Waals surface area contributed by atoms with E-state index in [9.17, 15) is 14.0 Å². The first kappa shape index (κ1) is 17.6. The lowest BCUT2D eigenvalue weighted by Crippen LogP contribution is -2.42. The highest BCUT2D eigenvalue weighted by Gasteiger charge is 2.28. The van der Waals surface area contributed by atoms with Gasteiger partial charge in [-0.05, 0) is 37.1 Å². The van der Waals surface area contributed by atoms with E-state index < -0.39 is 0 Å². The minimum absolute atomic E-state index is 0. The number of likely N-dealkylation sites (tertiary alicyclic amines) is 1. The summed E-state index contributed by atoms with van der Waals surface area (Å²) in [6.07, 6.45) is 1.90. The normalized spacial score (nSPS) is 18.0. The number of hydrogen-bond donors (Lipinski definition) is 1. The van der Waals surface area contributed by atoms with E-state index in [-0.39, 0.29) is 35.8 Å². The number of nitrogens with zero attached hydrogens (tertiary/aromatic N) is 1. The molecule has 0 aliphatic carbocycles. The van der Waals surface area contributed by atoms with Gasteiger partial charge in [0.25, 0.3) is 0 Å². The molecule has 1 heterocycles. The van der Waals surface area contributed by atoms with Crippen LogP contribution in [0.15, 0.2) is 24.3 Å². The van der Waals surface area contributed by atoms with Crippen molar-refractivity contribution in [1.29, 1.82) is 0 Å². The monoisotopic (exact) mass is 314 g/mol. The van der Waals surface area contributed by atoms with Crippen LogP contribution in [0.1, 0.15) is 29.6 Å². The molecule has 1 saturated heterocycles. The van der Waals surface area contributed by atoms with E-state index in [4.69, 9.17) is 5.73 Å². The first-order valence-electron chi connectivity index (χ1n) is 6.89. The zero-order chi connectivity index (χ0) is 14.5. The summed E-state index contributed by atoms with van der Waals surface area (Å²) in [5.41, 5.74) is 5.89. The van der Waals surface area contributed by atoms with Gasteiger partial charge in [0.2, 0.25) is 5.91 Å². The van der Waals surface area contributed by atoms with Gasteiger partial charge in [0.15, 0.2) is 5.78 Å². The summed E-state index contributed by atoms with van der Waals surface area (Å²) in [5, 5.41) is 0. The third-order valence-electron chi connectivity index (χ3n) is 3.63. The van der Waals surface area contributed by atoms with Crippen molar-refractivity contribution < 1.29 is 14.0 Å². The molecule has 2 rings (SSSR count). The van der Waals surface area contributed by atoms with Gasteiger partial charge in [-0.25, -0.2) is 4.39 Å². The van der Waals surface area contributed by atoms with E-state index in [0.717, 1.165) is 12.8 Å². The van der Waals surface area contributed by atoms with Crippen LogP contribution in [0.4, 0.5) is 4.39 Å².